The molecule has 1 aromatic heterocycles. The van der Waals surface area contributed by atoms with E-state index in [0.717, 1.165) is 18.4 Å². The van der Waals surface area contributed by atoms with Crippen LogP contribution in [0.25, 0.3) is 0 Å². The van der Waals surface area contributed by atoms with Gasteiger partial charge < -0.3 is 10.2 Å². The highest BCUT2D eigenvalue weighted by molar-refractivity contribution is 5.89. The molecule has 1 aliphatic heterocycles. The van der Waals surface area contributed by atoms with Crippen LogP contribution in [0.3, 0.4) is 0 Å². The minimum absolute atomic E-state index is 0.0173. The maximum atomic E-state index is 12.4. The number of hydrogen-bond acceptors (Lipinski definition) is 3. The van der Waals surface area contributed by atoms with Crippen LogP contribution in [0.4, 0.5) is 0 Å². The largest absolute Gasteiger partial charge is 0.356 e. The van der Waals surface area contributed by atoms with Crippen LogP contribution in [-0.2, 0) is 22.6 Å². The number of hydrogen-bond donors (Lipinski definition) is 1. The highest BCUT2D eigenvalue weighted by Gasteiger charge is 2.33. The molecule has 1 atom stereocenters. The lowest BCUT2D eigenvalue weighted by Crippen LogP contribution is -2.33. The van der Waals surface area contributed by atoms with Gasteiger partial charge in [0.1, 0.15) is 0 Å². The highest BCUT2D eigenvalue weighted by Crippen LogP contribution is 2.20. The van der Waals surface area contributed by atoms with Crippen molar-refractivity contribution in [1.29, 1.82) is 0 Å². The minimum atomic E-state index is -0.252. The van der Waals surface area contributed by atoms with Crippen molar-refractivity contribution in [1.82, 2.24) is 15.2 Å². The Balaban J connectivity index is 1.41. The van der Waals surface area contributed by atoms with Crippen LogP contribution in [0.15, 0.2) is 48.8 Å². The molecule has 1 aromatic carbocycles. The van der Waals surface area contributed by atoms with E-state index in [-0.39, 0.29) is 17.7 Å². The van der Waals surface area contributed by atoms with E-state index in [2.05, 4.69) is 41.5 Å². The maximum Gasteiger partial charge on any atom is 0.225 e. The van der Waals surface area contributed by atoms with Crippen molar-refractivity contribution in [3.63, 3.8) is 0 Å². The third-order valence-corrected chi connectivity index (χ3v) is 4.71. The number of aromatic nitrogens is 1. The third-order valence-electron chi connectivity index (χ3n) is 4.71. The van der Waals surface area contributed by atoms with E-state index in [9.17, 15) is 9.59 Å². The van der Waals surface area contributed by atoms with E-state index in [0.29, 0.717) is 26.1 Å². The van der Waals surface area contributed by atoms with Crippen LogP contribution >= 0.6 is 0 Å². The molecule has 1 aliphatic rings. The lowest BCUT2D eigenvalue weighted by molar-refractivity contribution is -0.129. The van der Waals surface area contributed by atoms with Crippen LogP contribution < -0.4 is 5.32 Å². The van der Waals surface area contributed by atoms with E-state index in [1.807, 2.05) is 12.1 Å². The molecule has 0 spiro atoms. The van der Waals surface area contributed by atoms with Gasteiger partial charge in [-0.05, 0) is 37.0 Å². The van der Waals surface area contributed by atoms with Gasteiger partial charge in [-0.3, -0.25) is 14.6 Å². The van der Waals surface area contributed by atoms with Gasteiger partial charge in [0.15, 0.2) is 0 Å². The summed E-state index contributed by atoms with van der Waals surface area (Å²) in [6.45, 7) is 3.72. The lowest BCUT2D eigenvalue weighted by atomic mass is 10.1. The first-order valence-electron chi connectivity index (χ1n) is 9.12. The summed E-state index contributed by atoms with van der Waals surface area (Å²) in [6, 6.07) is 12.2. The number of rotatable bonds is 7. The van der Waals surface area contributed by atoms with Gasteiger partial charge in [-0.25, -0.2) is 0 Å². The molecule has 0 radical (unpaired) electrons. The van der Waals surface area contributed by atoms with Gasteiger partial charge in [0.2, 0.25) is 11.8 Å². The van der Waals surface area contributed by atoms with Crippen LogP contribution in [0.5, 0.6) is 0 Å². The van der Waals surface area contributed by atoms with Crippen molar-refractivity contribution in [2.45, 2.75) is 32.7 Å². The molecule has 0 saturated carbocycles. The van der Waals surface area contributed by atoms with Gasteiger partial charge in [-0.1, -0.05) is 35.9 Å². The number of nitrogens with one attached hydrogen (secondary N) is 1. The fraction of sp³-hybridized carbons (Fsp3) is 0.381. The number of aryl methyl sites for hydroxylation is 2. The number of pyridine rings is 1. The molecule has 2 aromatic rings. The zero-order chi connectivity index (χ0) is 18.4. The Kier molecular flexibility index (Phi) is 6.00. The molecule has 136 valence electrons. The van der Waals surface area contributed by atoms with Crippen molar-refractivity contribution in [2.24, 2.45) is 5.92 Å². The SMILES string of the molecule is Cc1cccc(CCCNC(=O)[C@H]2CC(=O)N(Cc3cccnc3)C2)c1. The second-order valence-electron chi connectivity index (χ2n) is 6.92. The van der Waals surface area contributed by atoms with Gasteiger partial charge >= 0.3 is 0 Å². The summed E-state index contributed by atoms with van der Waals surface area (Å²) < 4.78 is 0. The van der Waals surface area contributed by atoms with Crippen LogP contribution in [0.2, 0.25) is 0 Å². The molecule has 1 N–H and O–H groups in total. The summed E-state index contributed by atoms with van der Waals surface area (Å²) in [5.41, 5.74) is 3.53. The number of amides is 2. The number of nitrogens with zero attached hydrogens (tertiary/aromatic N) is 2. The van der Waals surface area contributed by atoms with Crippen molar-refractivity contribution >= 4 is 11.8 Å². The van der Waals surface area contributed by atoms with Gasteiger partial charge in [0.05, 0.1) is 5.92 Å². The second kappa shape index (κ2) is 8.61. The topological polar surface area (TPSA) is 62.3 Å². The van der Waals surface area contributed by atoms with E-state index in [4.69, 9.17) is 0 Å². The fourth-order valence-corrected chi connectivity index (χ4v) is 3.33. The maximum absolute atomic E-state index is 12.4. The average Bonchev–Trinajstić information content (AvgIpc) is 3.00. The summed E-state index contributed by atoms with van der Waals surface area (Å²) in [6.07, 6.45) is 5.60. The third kappa shape index (κ3) is 4.91. The quantitative estimate of drug-likeness (QED) is 0.780. The predicted octanol–water partition coefficient (Wildman–Crippen LogP) is 2.49. The molecule has 0 unspecified atom stereocenters. The Morgan fingerprint density at radius 2 is 2.12 bits per heavy atom. The first-order chi connectivity index (χ1) is 12.6. The molecule has 0 aliphatic carbocycles. The first-order valence-corrected chi connectivity index (χ1v) is 9.12. The number of carbonyl (C=O) groups excluding carboxylic acids is 2. The summed E-state index contributed by atoms with van der Waals surface area (Å²) in [4.78, 5) is 30.3. The molecule has 2 amide bonds. The second-order valence-corrected chi connectivity index (χ2v) is 6.92. The molecule has 5 heteroatoms. The predicted molar refractivity (Wildman–Crippen MR) is 100 cm³/mol. The Bertz CT molecular complexity index is 761. The summed E-state index contributed by atoms with van der Waals surface area (Å²) in [7, 11) is 0. The molecule has 5 nitrogen and oxygen atoms in total. The van der Waals surface area contributed by atoms with E-state index in [1.165, 1.54) is 11.1 Å². The Morgan fingerprint density at radius 1 is 1.27 bits per heavy atom. The highest BCUT2D eigenvalue weighted by atomic mass is 16.2. The van der Waals surface area contributed by atoms with Crippen molar-refractivity contribution in [2.75, 3.05) is 13.1 Å². The zero-order valence-corrected chi connectivity index (χ0v) is 15.1. The van der Waals surface area contributed by atoms with Crippen LogP contribution in [0, 0.1) is 12.8 Å². The van der Waals surface area contributed by atoms with Crippen LogP contribution in [0.1, 0.15) is 29.5 Å². The van der Waals surface area contributed by atoms with Crippen molar-refractivity contribution in [3.05, 3.63) is 65.5 Å². The van der Waals surface area contributed by atoms with Crippen molar-refractivity contribution in [3.8, 4) is 0 Å². The molecule has 2 heterocycles. The molecular formula is C21H25N3O2. The molecule has 1 fully saturated rings. The smallest absolute Gasteiger partial charge is 0.225 e. The molecular weight excluding hydrogens is 326 g/mol. The fourth-order valence-electron chi connectivity index (χ4n) is 3.33. The van der Waals surface area contributed by atoms with E-state index in [1.54, 1.807) is 17.3 Å². The molecule has 1 saturated heterocycles. The van der Waals surface area contributed by atoms with Crippen molar-refractivity contribution < 1.29 is 9.59 Å². The van der Waals surface area contributed by atoms with Gasteiger partial charge in [0.25, 0.3) is 0 Å². The summed E-state index contributed by atoms with van der Waals surface area (Å²) in [5, 5.41) is 2.98. The minimum Gasteiger partial charge on any atom is -0.356 e. The lowest BCUT2D eigenvalue weighted by Gasteiger charge is -2.16. The van der Waals surface area contributed by atoms with Gasteiger partial charge in [-0.2, -0.15) is 0 Å². The Labute approximate surface area is 154 Å². The molecule has 3 rings (SSSR count). The Hall–Kier alpha value is -2.69. The van der Waals surface area contributed by atoms with E-state index >= 15 is 0 Å². The number of benzene rings is 1. The number of likely N-dealkylation sites (tertiary alicyclic amines) is 1. The van der Waals surface area contributed by atoms with E-state index < -0.39 is 0 Å². The van der Waals surface area contributed by atoms with Gasteiger partial charge in [0, 0.05) is 38.4 Å². The summed E-state index contributed by atoms with van der Waals surface area (Å²) in [5.74, 6) is -0.233. The normalized spacial score (nSPS) is 16.7. The Morgan fingerprint density at radius 3 is 2.88 bits per heavy atom. The first kappa shape index (κ1) is 18.1. The van der Waals surface area contributed by atoms with Crippen LogP contribution in [-0.4, -0.2) is 34.8 Å². The summed E-state index contributed by atoms with van der Waals surface area (Å²) >= 11 is 0. The standard InChI is InChI=1S/C21H25N3O2/c1-16-5-2-6-17(11-16)7-4-10-23-21(26)19-12-20(25)24(15-19)14-18-8-3-9-22-13-18/h2-3,5-6,8-9,11,13,19H,4,7,10,12,14-15H2,1H3,(H,23,26)/t19-/m0/s1. The average molecular weight is 351 g/mol. The molecule has 0 bridgehead atoms. The molecule has 26 heavy (non-hydrogen) atoms. The van der Waals surface area contributed by atoms with Gasteiger partial charge in [-0.15, -0.1) is 0 Å². The zero-order valence-electron chi connectivity index (χ0n) is 15.1. The monoisotopic (exact) mass is 351 g/mol. The number of carbonyl (C=O) groups is 2.